The molecule has 3 aromatic rings. The first-order valence-electron chi connectivity index (χ1n) is 12.4. The normalized spacial score (nSPS) is 15.6. The number of amides is 1. The van der Waals surface area contributed by atoms with Gasteiger partial charge in [-0.3, -0.25) is 0 Å². The second kappa shape index (κ2) is 10.8. The summed E-state index contributed by atoms with van der Waals surface area (Å²) in [6.07, 6.45) is -0.727. The number of nitrogens with zero attached hydrogens (tertiary/aromatic N) is 1. The molecule has 37 heavy (non-hydrogen) atoms. The average molecular weight is 521 g/mol. The van der Waals surface area contributed by atoms with Gasteiger partial charge in [-0.2, -0.15) is 0 Å². The van der Waals surface area contributed by atoms with Crippen LogP contribution in [-0.2, 0) is 20.7 Å². The van der Waals surface area contributed by atoms with Crippen molar-refractivity contribution in [3.05, 3.63) is 87.9 Å². The molecule has 2 N–H and O–H groups in total. The van der Waals surface area contributed by atoms with E-state index >= 15 is 0 Å². The van der Waals surface area contributed by atoms with E-state index in [9.17, 15) is 14.7 Å². The van der Waals surface area contributed by atoms with E-state index in [1.165, 1.54) is 0 Å². The van der Waals surface area contributed by atoms with Crippen LogP contribution >= 0.6 is 11.6 Å². The largest absolute Gasteiger partial charge is 0.480 e. The molecule has 1 unspecified atom stereocenters. The van der Waals surface area contributed by atoms with Crippen LogP contribution in [0.2, 0.25) is 5.02 Å². The van der Waals surface area contributed by atoms with Gasteiger partial charge in [-0.1, -0.05) is 66.2 Å². The van der Waals surface area contributed by atoms with Crippen molar-refractivity contribution in [1.82, 2.24) is 5.32 Å². The van der Waals surface area contributed by atoms with Crippen LogP contribution in [0.1, 0.15) is 28.2 Å². The molecule has 1 amide bonds. The lowest BCUT2D eigenvalue weighted by atomic mass is 9.98. The number of carboxylic acids is 1. The van der Waals surface area contributed by atoms with E-state index in [0.29, 0.717) is 23.8 Å². The van der Waals surface area contributed by atoms with Crippen molar-refractivity contribution in [3.63, 3.8) is 0 Å². The number of hydrogen-bond acceptors (Lipinski definition) is 5. The third kappa shape index (κ3) is 5.15. The maximum atomic E-state index is 12.7. The number of nitrogens with one attached hydrogen (secondary N) is 1. The Morgan fingerprint density at radius 1 is 1.05 bits per heavy atom. The molecule has 7 nitrogen and oxygen atoms in total. The SMILES string of the molecule is Cc1c(N2CCOCC2)ccc(CC(NC(=O)OCC2c3ccccc3-c3ccccc32)C(=O)O)c1Cl. The Hall–Kier alpha value is -3.55. The Kier molecular flexibility index (Phi) is 7.35. The topological polar surface area (TPSA) is 88.1 Å². The molecule has 5 rings (SSSR count). The molecule has 1 aliphatic carbocycles. The number of morpholine rings is 1. The van der Waals surface area contributed by atoms with Crippen molar-refractivity contribution in [2.24, 2.45) is 0 Å². The maximum Gasteiger partial charge on any atom is 0.407 e. The Morgan fingerprint density at radius 3 is 2.30 bits per heavy atom. The Bertz CT molecular complexity index is 1280. The molecular formula is C29H29ClN2O5. The minimum Gasteiger partial charge on any atom is -0.480 e. The van der Waals surface area contributed by atoms with Gasteiger partial charge < -0.3 is 24.8 Å². The van der Waals surface area contributed by atoms with Gasteiger partial charge in [0, 0.05) is 36.1 Å². The van der Waals surface area contributed by atoms with Crippen LogP contribution in [0.3, 0.4) is 0 Å². The van der Waals surface area contributed by atoms with Crippen LogP contribution in [0.25, 0.3) is 11.1 Å². The second-order valence-corrected chi connectivity index (χ2v) is 9.73. The van der Waals surface area contributed by atoms with Crippen molar-refractivity contribution >= 4 is 29.4 Å². The number of rotatable bonds is 7. The molecule has 3 aromatic carbocycles. The summed E-state index contributed by atoms with van der Waals surface area (Å²) in [5.41, 5.74) is 6.98. The van der Waals surface area contributed by atoms with E-state index in [1.54, 1.807) is 0 Å². The number of carboxylic acid groups (broad SMARTS) is 1. The van der Waals surface area contributed by atoms with E-state index in [4.69, 9.17) is 21.1 Å². The zero-order valence-electron chi connectivity index (χ0n) is 20.6. The van der Waals surface area contributed by atoms with Gasteiger partial charge in [0.25, 0.3) is 0 Å². The maximum absolute atomic E-state index is 12.7. The molecule has 0 bridgehead atoms. The van der Waals surface area contributed by atoms with Gasteiger partial charge in [0.15, 0.2) is 0 Å². The van der Waals surface area contributed by atoms with Crippen LogP contribution in [0.5, 0.6) is 0 Å². The molecular weight excluding hydrogens is 492 g/mol. The molecule has 0 spiro atoms. The summed E-state index contributed by atoms with van der Waals surface area (Å²) in [4.78, 5) is 26.9. The first kappa shape index (κ1) is 25.1. The van der Waals surface area contributed by atoms with Crippen LogP contribution in [0.4, 0.5) is 10.5 Å². The molecule has 0 aromatic heterocycles. The zero-order valence-corrected chi connectivity index (χ0v) is 21.3. The highest BCUT2D eigenvalue weighted by molar-refractivity contribution is 6.32. The molecule has 0 saturated carbocycles. The third-order valence-corrected chi connectivity index (χ3v) is 7.67. The van der Waals surface area contributed by atoms with E-state index in [1.807, 2.05) is 55.5 Å². The standard InChI is InChI=1S/C29H29ClN2O5/c1-18-26(32-12-14-36-15-13-32)11-10-19(27(18)30)16-25(28(33)34)31-29(35)37-17-24-22-8-4-2-6-20(22)21-7-3-5-9-23(21)24/h2-11,24-25H,12-17H2,1H3,(H,31,35)(H,33,34). The van der Waals surface area contributed by atoms with Gasteiger partial charge >= 0.3 is 12.1 Å². The number of aliphatic carboxylic acids is 1. The lowest BCUT2D eigenvalue weighted by molar-refractivity contribution is -0.139. The van der Waals surface area contributed by atoms with Gasteiger partial charge in [0.05, 0.1) is 13.2 Å². The minimum atomic E-state index is -1.18. The van der Waals surface area contributed by atoms with Gasteiger partial charge in [0.2, 0.25) is 0 Å². The van der Waals surface area contributed by atoms with E-state index < -0.39 is 18.1 Å². The number of carbonyl (C=O) groups is 2. The first-order valence-corrected chi connectivity index (χ1v) is 12.8. The van der Waals surface area contributed by atoms with Crippen molar-refractivity contribution < 1.29 is 24.2 Å². The monoisotopic (exact) mass is 520 g/mol. The van der Waals surface area contributed by atoms with Crippen molar-refractivity contribution in [2.75, 3.05) is 37.8 Å². The third-order valence-electron chi connectivity index (χ3n) is 7.15. The number of benzene rings is 3. The first-order chi connectivity index (χ1) is 17.9. The summed E-state index contributed by atoms with van der Waals surface area (Å²) in [5, 5.41) is 12.8. The lowest BCUT2D eigenvalue weighted by Gasteiger charge is -2.31. The van der Waals surface area contributed by atoms with Crippen molar-refractivity contribution in [3.8, 4) is 11.1 Å². The summed E-state index contributed by atoms with van der Waals surface area (Å²) in [5.74, 6) is -1.26. The smallest absolute Gasteiger partial charge is 0.407 e. The van der Waals surface area contributed by atoms with Crippen LogP contribution in [0, 0.1) is 6.92 Å². The van der Waals surface area contributed by atoms with Gasteiger partial charge in [-0.05, 0) is 46.4 Å². The fraction of sp³-hybridized carbons (Fsp3) is 0.310. The Balaban J connectivity index is 1.25. The summed E-state index contributed by atoms with van der Waals surface area (Å²) in [6, 6.07) is 18.7. The highest BCUT2D eigenvalue weighted by Crippen LogP contribution is 2.44. The highest BCUT2D eigenvalue weighted by Gasteiger charge is 2.30. The molecule has 1 aliphatic heterocycles. The summed E-state index contributed by atoms with van der Waals surface area (Å²) in [6.45, 7) is 4.90. The van der Waals surface area contributed by atoms with E-state index in [2.05, 4.69) is 22.3 Å². The number of fused-ring (bicyclic) bond motifs is 3. The van der Waals surface area contributed by atoms with Crippen molar-refractivity contribution in [2.45, 2.75) is 25.3 Å². The number of hydrogen-bond donors (Lipinski definition) is 2. The van der Waals surface area contributed by atoms with E-state index in [-0.39, 0.29) is 18.9 Å². The van der Waals surface area contributed by atoms with Gasteiger partial charge in [-0.25, -0.2) is 9.59 Å². The number of ether oxygens (including phenoxy) is 2. The fourth-order valence-electron chi connectivity index (χ4n) is 5.24. The fourth-order valence-corrected chi connectivity index (χ4v) is 5.47. The number of alkyl carbamates (subject to hydrolysis) is 1. The molecule has 1 atom stereocenters. The molecule has 1 heterocycles. The van der Waals surface area contributed by atoms with E-state index in [0.717, 1.165) is 46.6 Å². The zero-order chi connectivity index (χ0) is 25.9. The predicted molar refractivity (Wildman–Crippen MR) is 143 cm³/mol. The lowest BCUT2D eigenvalue weighted by Crippen LogP contribution is -2.43. The molecule has 1 fully saturated rings. The van der Waals surface area contributed by atoms with Gasteiger partial charge in [-0.15, -0.1) is 0 Å². The molecule has 8 heteroatoms. The Morgan fingerprint density at radius 2 is 1.68 bits per heavy atom. The highest BCUT2D eigenvalue weighted by atomic mass is 35.5. The minimum absolute atomic E-state index is 0.0442. The predicted octanol–water partition coefficient (Wildman–Crippen LogP) is 5.02. The van der Waals surface area contributed by atoms with Crippen LogP contribution < -0.4 is 10.2 Å². The number of halogens is 1. The number of carbonyl (C=O) groups excluding carboxylic acids is 1. The summed E-state index contributed by atoms with van der Waals surface area (Å²) < 4.78 is 11.0. The molecule has 192 valence electrons. The average Bonchev–Trinajstić information content (AvgIpc) is 3.24. The molecule has 1 saturated heterocycles. The molecule has 2 aliphatic rings. The molecule has 0 radical (unpaired) electrons. The Labute approximate surface area is 221 Å². The summed E-state index contributed by atoms with van der Waals surface area (Å²) >= 11 is 6.65. The van der Waals surface area contributed by atoms with Crippen molar-refractivity contribution in [1.29, 1.82) is 0 Å². The second-order valence-electron chi connectivity index (χ2n) is 9.35. The van der Waals surface area contributed by atoms with Gasteiger partial charge in [0.1, 0.15) is 12.6 Å². The quantitative estimate of drug-likeness (QED) is 0.455. The number of anilines is 1. The summed E-state index contributed by atoms with van der Waals surface area (Å²) in [7, 11) is 0. The van der Waals surface area contributed by atoms with Crippen LogP contribution in [0.15, 0.2) is 60.7 Å². The van der Waals surface area contributed by atoms with Crippen LogP contribution in [-0.4, -0.2) is 56.1 Å².